The molecule has 1 saturated carbocycles. The Bertz CT molecular complexity index is 402. The van der Waals surface area contributed by atoms with E-state index in [1.54, 1.807) is 0 Å². The van der Waals surface area contributed by atoms with Crippen LogP contribution in [0.5, 0.6) is 0 Å². The first-order valence-electron chi connectivity index (χ1n) is 7.32. The minimum atomic E-state index is 0.669. The second-order valence-electron chi connectivity index (χ2n) is 5.24. The van der Waals surface area contributed by atoms with E-state index in [1.807, 2.05) is 13.2 Å². The lowest BCUT2D eigenvalue weighted by atomic mass is 9.94. The Morgan fingerprint density at radius 1 is 1.37 bits per heavy atom. The normalized spacial score (nSPS) is 16.6. The zero-order valence-corrected chi connectivity index (χ0v) is 13.5. The Hall–Kier alpha value is -0.610. The van der Waals surface area contributed by atoms with Crippen molar-refractivity contribution in [3.63, 3.8) is 0 Å². The fourth-order valence-corrected chi connectivity index (χ4v) is 3.41. The van der Waals surface area contributed by atoms with Crippen LogP contribution in [0.1, 0.15) is 44.6 Å². The lowest BCUT2D eigenvalue weighted by Crippen LogP contribution is -2.38. The monoisotopic (exact) mass is 325 g/mol. The summed E-state index contributed by atoms with van der Waals surface area (Å²) >= 11 is 3.52. The van der Waals surface area contributed by atoms with Crippen LogP contribution in [0.3, 0.4) is 0 Å². The van der Waals surface area contributed by atoms with Gasteiger partial charge >= 0.3 is 0 Å². The minimum Gasteiger partial charge on any atom is -0.354 e. The highest BCUT2D eigenvalue weighted by Gasteiger charge is 2.22. The molecule has 0 unspecified atom stereocenters. The number of nitrogens with one attached hydrogen (secondary N) is 1. The van der Waals surface area contributed by atoms with Gasteiger partial charge in [0.1, 0.15) is 5.82 Å². The molecule has 0 radical (unpaired) electrons. The van der Waals surface area contributed by atoms with Crippen LogP contribution >= 0.6 is 15.9 Å². The molecule has 1 heterocycles. The van der Waals surface area contributed by atoms with Crippen molar-refractivity contribution in [3.8, 4) is 0 Å². The van der Waals surface area contributed by atoms with Crippen LogP contribution in [0.15, 0.2) is 16.7 Å². The molecular formula is C15H24BrN3. The van der Waals surface area contributed by atoms with E-state index in [0.717, 1.165) is 23.4 Å². The summed E-state index contributed by atoms with van der Waals surface area (Å²) < 4.78 is 1.06. The lowest BCUT2D eigenvalue weighted by Gasteiger charge is -2.35. The Kier molecular flexibility index (Phi) is 5.64. The molecule has 0 amide bonds. The van der Waals surface area contributed by atoms with E-state index in [4.69, 9.17) is 0 Å². The molecular weight excluding hydrogens is 302 g/mol. The lowest BCUT2D eigenvalue weighted by molar-refractivity contribution is 0.415. The van der Waals surface area contributed by atoms with Gasteiger partial charge in [-0.05, 0) is 48.8 Å². The van der Waals surface area contributed by atoms with Crippen molar-refractivity contribution in [1.29, 1.82) is 0 Å². The summed E-state index contributed by atoms with van der Waals surface area (Å²) in [6, 6.07) is 2.85. The topological polar surface area (TPSA) is 28.2 Å². The summed E-state index contributed by atoms with van der Waals surface area (Å²) in [5.41, 5.74) is 1.28. The molecule has 0 spiro atoms. The van der Waals surface area contributed by atoms with E-state index in [2.05, 4.69) is 44.1 Å². The second kappa shape index (κ2) is 7.25. The molecule has 1 fully saturated rings. The van der Waals surface area contributed by atoms with E-state index in [-0.39, 0.29) is 0 Å². The highest BCUT2D eigenvalue weighted by Crippen LogP contribution is 2.29. The summed E-state index contributed by atoms with van der Waals surface area (Å²) in [4.78, 5) is 7.18. The van der Waals surface area contributed by atoms with Crippen LogP contribution in [0.2, 0.25) is 0 Å². The summed E-state index contributed by atoms with van der Waals surface area (Å²) in [6.07, 6.45) is 8.65. The van der Waals surface area contributed by atoms with Crippen LogP contribution < -0.4 is 10.2 Å². The highest BCUT2D eigenvalue weighted by molar-refractivity contribution is 9.10. The van der Waals surface area contributed by atoms with Crippen LogP contribution in [0.25, 0.3) is 0 Å². The van der Waals surface area contributed by atoms with Crippen molar-refractivity contribution < 1.29 is 0 Å². The van der Waals surface area contributed by atoms with Gasteiger partial charge < -0.3 is 10.2 Å². The Morgan fingerprint density at radius 2 is 2.11 bits per heavy atom. The molecule has 0 atom stereocenters. The molecule has 1 aliphatic rings. The van der Waals surface area contributed by atoms with E-state index in [1.165, 1.54) is 37.7 Å². The first-order chi connectivity index (χ1) is 9.26. The molecule has 106 valence electrons. The van der Waals surface area contributed by atoms with Gasteiger partial charge in [0.2, 0.25) is 0 Å². The van der Waals surface area contributed by atoms with Crippen molar-refractivity contribution in [2.24, 2.45) is 0 Å². The molecule has 0 bridgehead atoms. The Labute approximate surface area is 124 Å². The number of hydrogen-bond acceptors (Lipinski definition) is 3. The number of pyridine rings is 1. The highest BCUT2D eigenvalue weighted by atomic mass is 79.9. The second-order valence-corrected chi connectivity index (χ2v) is 6.16. The fraction of sp³-hybridized carbons (Fsp3) is 0.667. The first-order valence-corrected chi connectivity index (χ1v) is 8.11. The van der Waals surface area contributed by atoms with E-state index < -0.39 is 0 Å². The van der Waals surface area contributed by atoms with Crippen molar-refractivity contribution in [2.45, 2.75) is 51.6 Å². The number of nitrogens with zero attached hydrogens (tertiary/aromatic N) is 2. The van der Waals surface area contributed by atoms with Gasteiger partial charge in [0.15, 0.2) is 0 Å². The number of aromatic nitrogens is 1. The van der Waals surface area contributed by atoms with Gasteiger partial charge in [0.05, 0.1) is 0 Å². The van der Waals surface area contributed by atoms with Crippen LogP contribution in [-0.4, -0.2) is 24.6 Å². The SMILES string of the molecule is CCN(c1ncc(Br)cc1CNC)C1CCCCC1. The maximum atomic E-state index is 4.68. The number of rotatable bonds is 5. The van der Waals surface area contributed by atoms with Crippen molar-refractivity contribution in [1.82, 2.24) is 10.3 Å². The fourth-order valence-electron chi connectivity index (χ4n) is 3.03. The van der Waals surface area contributed by atoms with E-state index in [9.17, 15) is 0 Å². The summed E-state index contributed by atoms with van der Waals surface area (Å²) in [7, 11) is 1.99. The molecule has 1 aromatic heterocycles. The molecule has 0 aromatic carbocycles. The third kappa shape index (κ3) is 3.69. The van der Waals surface area contributed by atoms with Crippen LogP contribution in [-0.2, 0) is 6.54 Å². The standard InChI is InChI=1S/C15H24BrN3/c1-3-19(14-7-5-4-6-8-14)15-12(10-17-2)9-13(16)11-18-15/h9,11,14,17H,3-8,10H2,1-2H3. The van der Waals surface area contributed by atoms with E-state index >= 15 is 0 Å². The molecule has 1 aromatic rings. The molecule has 19 heavy (non-hydrogen) atoms. The van der Waals surface area contributed by atoms with Gasteiger partial charge in [0.25, 0.3) is 0 Å². The zero-order valence-electron chi connectivity index (χ0n) is 12.0. The maximum absolute atomic E-state index is 4.68. The maximum Gasteiger partial charge on any atom is 0.133 e. The van der Waals surface area contributed by atoms with Crippen molar-refractivity contribution >= 4 is 21.7 Å². The molecule has 4 heteroatoms. The molecule has 3 nitrogen and oxygen atoms in total. The van der Waals surface area contributed by atoms with Gasteiger partial charge in [-0.1, -0.05) is 19.3 Å². The average Bonchev–Trinajstić information content (AvgIpc) is 2.43. The van der Waals surface area contributed by atoms with Crippen LogP contribution in [0.4, 0.5) is 5.82 Å². The van der Waals surface area contributed by atoms with E-state index in [0.29, 0.717) is 6.04 Å². The molecule has 1 aliphatic carbocycles. The van der Waals surface area contributed by atoms with Crippen LogP contribution in [0, 0.1) is 0 Å². The predicted octanol–water partition coefficient (Wildman–Crippen LogP) is 3.72. The Morgan fingerprint density at radius 3 is 2.74 bits per heavy atom. The van der Waals surface area contributed by atoms with Crippen molar-refractivity contribution in [2.75, 3.05) is 18.5 Å². The molecule has 1 N–H and O–H groups in total. The Balaban J connectivity index is 2.25. The van der Waals surface area contributed by atoms with Gasteiger partial charge in [0, 0.05) is 35.4 Å². The molecule has 0 saturated heterocycles. The number of anilines is 1. The molecule has 2 rings (SSSR count). The molecule has 0 aliphatic heterocycles. The third-order valence-electron chi connectivity index (χ3n) is 3.90. The minimum absolute atomic E-state index is 0.669. The quantitative estimate of drug-likeness (QED) is 0.894. The zero-order chi connectivity index (χ0) is 13.7. The summed E-state index contributed by atoms with van der Waals surface area (Å²) in [6.45, 7) is 4.14. The van der Waals surface area contributed by atoms with Gasteiger partial charge in [-0.15, -0.1) is 0 Å². The first kappa shape index (κ1) is 14.8. The number of halogens is 1. The predicted molar refractivity (Wildman–Crippen MR) is 84.6 cm³/mol. The van der Waals surface area contributed by atoms with Gasteiger partial charge in [-0.3, -0.25) is 0 Å². The third-order valence-corrected chi connectivity index (χ3v) is 4.34. The number of hydrogen-bond donors (Lipinski definition) is 1. The average molecular weight is 326 g/mol. The van der Waals surface area contributed by atoms with Crippen molar-refractivity contribution in [3.05, 3.63) is 22.3 Å². The largest absolute Gasteiger partial charge is 0.354 e. The smallest absolute Gasteiger partial charge is 0.133 e. The van der Waals surface area contributed by atoms with Gasteiger partial charge in [-0.2, -0.15) is 0 Å². The summed E-state index contributed by atoms with van der Waals surface area (Å²) in [5, 5.41) is 3.25. The van der Waals surface area contributed by atoms with Gasteiger partial charge in [-0.25, -0.2) is 4.98 Å². The summed E-state index contributed by atoms with van der Waals surface area (Å²) in [5.74, 6) is 1.16.